The van der Waals surface area contributed by atoms with Gasteiger partial charge in [0.05, 0.1) is 30.9 Å². The number of esters is 1. The normalized spacial score (nSPS) is 15.2. The average molecular weight is 407 g/mol. The zero-order valence-electron chi connectivity index (χ0n) is 18.1. The number of ether oxygens (including phenoxy) is 2. The van der Waals surface area contributed by atoms with Crippen molar-refractivity contribution in [1.82, 2.24) is 4.90 Å². The molecular formula is C25H30N2O3. The van der Waals surface area contributed by atoms with Gasteiger partial charge in [0.25, 0.3) is 0 Å². The summed E-state index contributed by atoms with van der Waals surface area (Å²) in [4.78, 5) is 14.7. The molecule has 2 aromatic carbocycles. The molecule has 0 amide bonds. The van der Waals surface area contributed by atoms with Crippen LogP contribution >= 0.6 is 0 Å². The van der Waals surface area contributed by atoms with Crippen LogP contribution in [0.1, 0.15) is 48.2 Å². The molecular weight excluding hydrogens is 376 g/mol. The number of hydrogen-bond acceptors (Lipinski definition) is 5. The molecule has 1 aliphatic rings. The molecule has 5 heteroatoms. The Labute approximate surface area is 179 Å². The number of rotatable bonds is 7. The number of nitrogens with zero attached hydrogens (tertiary/aromatic N) is 2. The predicted octanol–water partition coefficient (Wildman–Crippen LogP) is 4.65. The zero-order valence-corrected chi connectivity index (χ0v) is 18.1. The summed E-state index contributed by atoms with van der Waals surface area (Å²) >= 11 is 0. The smallest absolute Gasteiger partial charge is 0.337 e. The van der Waals surface area contributed by atoms with E-state index in [9.17, 15) is 10.1 Å². The lowest BCUT2D eigenvalue weighted by Gasteiger charge is -2.34. The van der Waals surface area contributed by atoms with Crippen molar-refractivity contribution in [3.8, 4) is 17.2 Å². The lowest BCUT2D eigenvalue weighted by atomic mass is 9.97. The lowest BCUT2D eigenvalue weighted by molar-refractivity contribution is 0.0511. The first-order valence-electron chi connectivity index (χ1n) is 10.5. The van der Waals surface area contributed by atoms with Gasteiger partial charge in [0, 0.05) is 12.6 Å². The molecule has 30 heavy (non-hydrogen) atoms. The fourth-order valence-electron chi connectivity index (χ4n) is 3.93. The molecule has 0 aromatic heterocycles. The van der Waals surface area contributed by atoms with Gasteiger partial charge in [-0.25, -0.2) is 4.79 Å². The van der Waals surface area contributed by atoms with Crippen molar-refractivity contribution in [2.75, 3.05) is 26.8 Å². The summed E-state index contributed by atoms with van der Waals surface area (Å²) in [5, 5.41) is 9.18. The molecule has 158 valence electrons. The molecule has 2 aromatic rings. The summed E-state index contributed by atoms with van der Waals surface area (Å²) in [6.07, 6.45) is 2.32. The van der Waals surface area contributed by atoms with E-state index in [1.807, 2.05) is 30.3 Å². The average Bonchev–Trinajstić information content (AvgIpc) is 2.78. The summed E-state index contributed by atoms with van der Waals surface area (Å²) in [6.45, 7) is 7.92. The van der Waals surface area contributed by atoms with Crippen LogP contribution in [0, 0.1) is 17.2 Å². The summed E-state index contributed by atoms with van der Waals surface area (Å²) in [7, 11) is 1.38. The van der Waals surface area contributed by atoms with Crippen LogP contribution in [0.2, 0.25) is 0 Å². The molecule has 0 unspecified atom stereocenters. The molecule has 0 radical (unpaired) electrons. The Kier molecular flexibility index (Phi) is 7.62. The summed E-state index contributed by atoms with van der Waals surface area (Å²) in [5.41, 5.74) is 3.76. The molecule has 0 saturated carbocycles. The van der Waals surface area contributed by atoms with E-state index in [1.54, 1.807) is 12.1 Å². The number of nitriles is 1. The number of methoxy groups -OCH3 is 1. The van der Waals surface area contributed by atoms with Crippen LogP contribution in [0.3, 0.4) is 0 Å². The van der Waals surface area contributed by atoms with E-state index in [0.29, 0.717) is 29.7 Å². The van der Waals surface area contributed by atoms with Gasteiger partial charge in [0.15, 0.2) is 0 Å². The highest BCUT2D eigenvalue weighted by atomic mass is 16.5. The van der Waals surface area contributed by atoms with E-state index in [-0.39, 0.29) is 5.97 Å². The van der Waals surface area contributed by atoms with Crippen molar-refractivity contribution in [2.45, 2.75) is 39.3 Å². The van der Waals surface area contributed by atoms with Gasteiger partial charge in [-0.3, -0.25) is 0 Å². The van der Waals surface area contributed by atoms with Gasteiger partial charge >= 0.3 is 5.97 Å². The first-order valence-corrected chi connectivity index (χ1v) is 10.5. The third-order valence-electron chi connectivity index (χ3n) is 5.74. The minimum Gasteiger partial charge on any atom is -0.465 e. The second-order valence-electron chi connectivity index (χ2n) is 8.19. The number of likely N-dealkylation sites (tertiary alicyclic amines) is 1. The van der Waals surface area contributed by atoms with E-state index in [1.165, 1.54) is 7.11 Å². The minimum atomic E-state index is -0.379. The van der Waals surface area contributed by atoms with Gasteiger partial charge in [0.2, 0.25) is 0 Å². The fraction of sp³-hybridized carbons (Fsp3) is 0.440. The summed E-state index contributed by atoms with van der Waals surface area (Å²) in [5.74, 6) is 0.200. The molecule has 1 heterocycles. The van der Waals surface area contributed by atoms with Crippen LogP contribution < -0.4 is 0 Å². The van der Waals surface area contributed by atoms with Crippen molar-refractivity contribution in [2.24, 2.45) is 5.92 Å². The van der Waals surface area contributed by atoms with Crippen LogP contribution in [-0.2, 0) is 16.1 Å². The van der Waals surface area contributed by atoms with Gasteiger partial charge in [0.1, 0.15) is 0 Å². The van der Waals surface area contributed by atoms with Crippen LogP contribution in [0.15, 0.2) is 42.5 Å². The first-order chi connectivity index (χ1) is 14.5. The largest absolute Gasteiger partial charge is 0.465 e. The van der Waals surface area contributed by atoms with Gasteiger partial charge in [-0.2, -0.15) is 5.26 Å². The molecule has 0 bridgehead atoms. The van der Waals surface area contributed by atoms with E-state index in [0.717, 1.165) is 49.2 Å². The van der Waals surface area contributed by atoms with Crippen molar-refractivity contribution in [3.05, 3.63) is 59.2 Å². The predicted molar refractivity (Wildman–Crippen MR) is 117 cm³/mol. The second kappa shape index (κ2) is 10.4. The second-order valence-corrected chi connectivity index (χ2v) is 8.19. The molecule has 5 nitrogen and oxygen atoms in total. The molecule has 0 spiro atoms. The Hall–Kier alpha value is -2.68. The van der Waals surface area contributed by atoms with Crippen molar-refractivity contribution < 1.29 is 14.3 Å². The third kappa shape index (κ3) is 5.69. The molecule has 1 aliphatic heterocycles. The maximum atomic E-state index is 12.2. The van der Waals surface area contributed by atoms with Crippen molar-refractivity contribution in [1.29, 1.82) is 5.26 Å². The molecule has 1 saturated heterocycles. The SMILES string of the molecule is COC(=O)c1cc(COCC2CCN(C(C)C)CC2)cc(-c2cccc(C#N)c2)c1. The Morgan fingerprint density at radius 3 is 2.60 bits per heavy atom. The quantitative estimate of drug-likeness (QED) is 0.627. The molecule has 0 aliphatic carbocycles. The highest BCUT2D eigenvalue weighted by molar-refractivity contribution is 5.91. The van der Waals surface area contributed by atoms with Crippen molar-refractivity contribution >= 4 is 5.97 Å². The highest BCUT2D eigenvalue weighted by Crippen LogP contribution is 2.25. The number of carbonyl (C=O) groups excluding carboxylic acids is 1. The molecule has 1 fully saturated rings. The molecule has 0 N–H and O–H groups in total. The lowest BCUT2D eigenvalue weighted by Crippen LogP contribution is -2.39. The van der Waals surface area contributed by atoms with Crippen LogP contribution in [0.25, 0.3) is 11.1 Å². The minimum absolute atomic E-state index is 0.379. The zero-order chi connectivity index (χ0) is 21.5. The Morgan fingerprint density at radius 1 is 1.17 bits per heavy atom. The summed E-state index contributed by atoms with van der Waals surface area (Å²) in [6, 6.07) is 15.8. The van der Waals surface area contributed by atoms with Crippen LogP contribution in [0.5, 0.6) is 0 Å². The topological polar surface area (TPSA) is 62.6 Å². The van der Waals surface area contributed by atoms with Crippen LogP contribution in [-0.4, -0.2) is 43.7 Å². The van der Waals surface area contributed by atoms with Gasteiger partial charge in [-0.1, -0.05) is 12.1 Å². The monoisotopic (exact) mass is 406 g/mol. The highest BCUT2D eigenvalue weighted by Gasteiger charge is 2.21. The van der Waals surface area contributed by atoms with Gasteiger partial charge < -0.3 is 14.4 Å². The molecule has 3 rings (SSSR count). The van der Waals surface area contributed by atoms with Gasteiger partial charge in [-0.15, -0.1) is 0 Å². The van der Waals surface area contributed by atoms with E-state index < -0.39 is 0 Å². The Balaban J connectivity index is 1.69. The Morgan fingerprint density at radius 2 is 1.93 bits per heavy atom. The first kappa shape index (κ1) is 22.0. The summed E-state index contributed by atoms with van der Waals surface area (Å²) < 4.78 is 11.0. The van der Waals surface area contributed by atoms with E-state index in [4.69, 9.17) is 9.47 Å². The van der Waals surface area contributed by atoms with E-state index in [2.05, 4.69) is 24.8 Å². The maximum Gasteiger partial charge on any atom is 0.337 e. The molecule has 0 atom stereocenters. The van der Waals surface area contributed by atoms with Crippen LogP contribution in [0.4, 0.5) is 0 Å². The Bertz CT molecular complexity index is 909. The number of carbonyl (C=O) groups is 1. The third-order valence-corrected chi connectivity index (χ3v) is 5.74. The number of piperidine rings is 1. The maximum absolute atomic E-state index is 12.2. The van der Waals surface area contributed by atoms with Crippen molar-refractivity contribution in [3.63, 3.8) is 0 Å². The number of benzene rings is 2. The fourth-order valence-corrected chi connectivity index (χ4v) is 3.93. The van der Waals surface area contributed by atoms with E-state index >= 15 is 0 Å². The van der Waals surface area contributed by atoms with Gasteiger partial charge in [-0.05, 0) is 92.7 Å². The number of hydrogen-bond donors (Lipinski definition) is 0. The standard InChI is InChI=1S/C25H30N2O3/c1-18(2)27-9-7-19(8-10-27)16-30-17-21-12-23(14-24(13-21)25(28)29-3)22-6-4-5-20(11-22)15-26/h4-6,11-14,18-19H,7-10,16-17H2,1-3H3.